The van der Waals surface area contributed by atoms with Crippen molar-refractivity contribution in [3.05, 3.63) is 52.3 Å². The van der Waals surface area contributed by atoms with Gasteiger partial charge in [0.1, 0.15) is 10.8 Å². The molecule has 0 saturated heterocycles. The van der Waals surface area contributed by atoms with Gasteiger partial charge in [-0.2, -0.15) is 5.10 Å². The van der Waals surface area contributed by atoms with Gasteiger partial charge < -0.3 is 14.8 Å². The zero-order valence-corrected chi connectivity index (χ0v) is 14.5. The molecule has 2 heterocycles. The first-order valence-electron chi connectivity index (χ1n) is 7.75. The van der Waals surface area contributed by atoms with Gasteiger partial charge in [0.2, 0.25) is 0 Å². The number of halogens is 1. The van der Waals surface area contributed by atoms with Crippen molar-refractivity contribution in [1.82, 2.24) is 15.1 Å². The molecule has 1 amide bonds. The molecule has 1 N–H and O–H groups in total. The van der Waals surface area contributed by atoms with E-state index < -0.39 is 5.60 Å². The molecule has 0 radical (unpaired) electrons. The van der Waals surface area contributed by atoms with Gasteiger partial charge in [0.05, 0.1) is 19.8 Å². The third-order valence-electron chi connectivity index (χ3n) is 4.23. The van der Waals surface area contributed by atoms with E-state index in [0.717, 1.165) is 12.0 Å². The van der Waals surface area contributed by atoms with Crippen LogP contribution < -0.4 is 5.32 Å². The predicted molar refractivity (Wildman–Crippen MR) is 90.2 cm³/mol. The number of aryl methyl sites for hydroxylation is 1. The summed E-state index contributed by atoms with van der Waals surface area (Å²) in [6.45, 7) is 1.24. The molecule has 1 aromatic heterocycles. The van der Waals surface area contributed by atoms with E-state index in [4.69, 9.17) is 21.1 Å². The van der Waals surface area contributed by atoms with Crippen molar-refractivity contribution in [2.75, 3.05) is 26.9 Å². The highest BCUT2D eigenvalue weighted by molar-refractivity contribution is 6.29. The number of nitrogens with one attached hydrogen (secondary N) is 1. The molecule has 3 rings (SSSR count). The van der Waals surface area contributed by atoms with Crippen LogP contribution in [-0.2, 0) is 28.5 Å². The zero-order valence-electron chi connectivity index (χ0n) is 13.7. The largest absolute Gasteiger partial charge is 0.381 e. The Labute approximate surface area is 145 Å². The normalized spacial score (nSPS) is 19.8. The van der Waals surface area contributed by atoms with Gasteiger partial charge in [0, 0.05) is 20.2 Å². The summed E-state index contributed by atoms with van der Waals surface area (Å²) in [5.41, 5.74) is 1.85. The van der Waals surface area contributed by atoms with E-state index in [1.807, 2.05) is 18.2 Å². The third kappa shape index (κ3) is 3.17. The molecule has 128 valence electrons. The van der Waals surface area contributed by atoms with E-state index >= 15 is 0 Å². The highest BCUT2D eigenvalue weighted by atomic mass is 35.5. The number of carbonyl (C=O) groups excluding carboxylic acids is 1. The number of carbonyl (C=O) groups is 1. The molecule has 0 fully saturated rings. The number of hydrogen-bond donors (Lipinski definition) is 1. The average Bonchev–Trinajstić information content (AvgIpc) is 2.93. The van der Waals surface area contributed by atoms with E-state index in [1.54, 1.807) is 14.2 Å². The lowest BCUT2D eigenvalue weighted by atomic mass is 9.86. The summed E-state index contributed by atoms with van der Waals surface area (Å²) in [6, 6.07) is 9.63. The van der Waals surface area contributed by atoms with E-state index in [9.17, 15) is 4.79 Å². The summed E-state index contributed by atoms with van der Waals surface area (Å²) in [5.74, 6) is -0.292. The van der Waals surface area contributed by atoms with Crippen LogP contribution in [0.1, 0.15) is 21.6 Å². The first kappa shape index (κ1) is 17.0. The molecular weight excluding hydrogens is 330 g/mol. The highest BCUT2D eigenvalue weighted by Gasteiger charge is 2.38. The topological polar surface area (TPSA) is 65.4 Å². The van der Waals surface area contributed by atoms with Gasteiger partial charge in [-0.1, -0.05) is 35.9 Å². The quantitative estimate of drug-likeness (QED) is 0.895. The Hall–Kier alpha value is -1.89. The van der Waals surface area contributed by atoms with E-state index in [2.05, 4.69) is 16.5 Å². The number of nitrogens with zero attached hydrogens (tertiary/aromatic N) is 2. The Balaban J connectivity index is 1.81. The molecule has 6 nitrogen and oxygen atoms in total. The van der Waals surface area contributed by atoms with Gasteiger partial charge in [-0.3, -0.25) is 9.48 Å². The maximum atomic E-state index is 12.4. The average molecular weight is 350 g/mol. The highest BCUT2D eigenvalue weighted by Crippen LogP contribution is 2.33. The van der Waals surface area contributed by atoms with Crippen molar-refractivity contribution in [3.8, 4) is 0 Å². The van der Waals surface area contributed by atoms with E-state index in [1.165, 1.54) is 16.3 Å². The Morgan fingerprint density at radius 2 is 2.29 bits per heavy atom. The number of fused-ring (bicyclic) bond motifs is 1. The number of ether oxygens (including phenoxy) is 2. The lowest BCUT2D eigenvalue weighted by Crippen LogP contribution is -2.48. The number of amides is 1. The number of methoxy groups -OCH3 is 1. The number of benzene rings is 1. The third-order valence-corrected chi connectivity index (χ3v) is 4.58. The van der Waals surface area contributed by atoms with Crippen molar-refractivity contribution in [2.45, 2.75) is 12.0 Å². The number of hydrogen-bond acceptors (Lipinski definition) is 4. The van der Waals surface area contributed by atoms with Crippen LogP contribution in [0.4, 0.5) is 0 Å². The molecule has 1 aromatic carbocycles. The molecule has 7 heteroatoms. The fourth-order valence-corrected chi connectivity index (χ4v) is 3.18. The van der Waals surface area contributed by atoms with E-state index in [0.29, 0.717) is 24.9 Å². The monoisotopic (exact) mass is 349 g/mol. The molecule has 1 aliphatic rings. The second kappa shape index (κ2) is 6.93. The van der Waals surface area contributed by atoms with Crippen molar-refractivity contribution in [1.29, 1.82) is 0 Å². The molecule has 1 unspecified atom stereocenters. The standard InChI is InChI=1S/C17H20ClN3O3/c1-21-15(18)9-14(20-21)16(22)19-10-17(11-23-2)13-6-4-3-5-12(13)7-8-24-17/h3-6,9H,7-8,10-11H2,1-2H3,(H,19,22). The van der Waals surface area contributed by atoms with Crippen LogP contribution in [0.5, 0.6) is 0 Å². The summed E-state index contributed by atoms with van der Waals surface area (Å²) in [4.78, 5) is 12.4. The maximum absolute atomic E-state index is 12.4. The predicted octanol–water partition coefficient (Wildman–Crippen LogP) is 1.92. The molecule has 24 heavy (non-hydrogen) atoms. The fraction of sp³-hybridized carbons (Fsp3) is 0.412. The van der Waals surface area contributed by atoms with Crippen LogP contribution in [0, 0.1) is 0 Å². The number of aromatic nitrogens is 2. The number of rotatable bonds is 5. The molecule has 0 aliphatic carbocycles. The SMILES string of the molecule is COCC1(CNC(=O)c2cc(Cl)n(C)n2)OCCc2ccccc21. The smallest absolute Gasteiger partial charge is 0.271 e. The van der Waals surface area contributed by atoms with Crippen molar-refractivity contribution >= 4 is 17.5 Å². The first-order valence-corrected chi connectivity index (χ1v) is 8.12. The van der Waals surface area contributed by atoms with Crippen LogP contribution in [0.25, 0.3) is 0 Å². The lowest BCUT2D eigenvalue weighted by molar-refractivity contribution is -0.0997. The minimum Gasteiger partial charge on any atom is -0.381 e. The van der Waals surface area contributed by atoms with E-state index in [-0.39, 0.29) is 11.6 Å². The van der Waals surface area contributed by atoms with Gasteiger partial charge in [-0.15, -0.1) is 0 Å². The minimum atomic E-state index is -0.697. The van der Waals surface area contributed by atoms with Crippen molar-refractivity contribution in [2.24, 2.45) is 7.05 Å². The van der Waals surface area contributed by atoms with Gasteiger partial charge in [0.25, 0.3) is 5.91 Å². The van der Waals surface area contributed by atoms with Crippen LogP contribution >= 0.6 is 11.6 Å². The van der Waals surface area contributed by atoms with Gasteiger partial charge in [0.15, 0.2) is 5.69 Å². The second-order valence-corrected chi connectivity index (χ2v) is 6.23. The molecule has 0 spiro atoms. The van der Waals surface area contributed by atoms with Crippen LogP contribution in [0.15, 0.2) is 30.3 Å². The summed E-state index contributed by atoms with van der Waals surface area (Å²) in [6.07, 6.45) is 0.853. The van der Waals surface area contributed by atoms with Crippen molar-refractivity contribution in [3.63, 3.8) is 0 Å². The summed E-state index contributed by atoms with van der Waals surface area (Å²) in [5, 5.41) is 7.39. The molecule has 0 saturated carbocycles. The summed E-state index contributed by atoms with van der Waals surface area (Å²) in [7, 11) is 3.31. The fourth-order valence-electron chi connectivity index (χ4n) is 3.04. The maximum Gasteiger partial charge on any atom is 0.271 e. The summed E-state index contributed by atoms with van der Waals surface area (Å²) >= 11 is 5.94. The van der Waals surface area contributed by atoms with Gasteiger partial charge in [-0.05, 0) is 17.5 Å². The molecule has 0 bridgehead atoms. The Morgan fingerprint density at radius 3 is 3.00 bits per heavy atom. The second-order valence-electron chi connectivity index (χ2n) is 5.84. The minimum absolute atomic E-state index is 0.277. The summed E-state index contributed by atoms with van der Waals surface area (Å²) < 4.78 is 12.9. The van der Waals surface area contributed by atoms with Crippen molar-refractivity contribution < 1.29 is 14.3 Å². The molecule has 2 aromatic rings. The van der Waals surface area contributed by atoms with Gasteiger partial charge >= 0.3 is 0 Å². The molecule has 1 atom stereocenters. The van der Waals surface area contributed by atoms with Gasteiger partial charge in [-0.25, -0.2) is 0 Å². The Kier molecular flexibility index (Phi) is 4.89. The molecule has 1 aliphatic heterocycles. The molecular formula is C17H20ClN3O3. The first-order chi connectivity index (χ1) is 11.6. The van der Waals surface area contributed by atoms with Crippen LogP contribution in [0.2, 0.25) is 5.15 Å². The Bertz CT molecular complexity index is 727. The van der Waals surface area contributed by atoms with Crippen LogP contribution in [0.3, 0.4) is 0 Å². The zero-order chi connectivity index (χ0) is 17.2. The lowest BCUT2D eigenvalue weighted by Gasteiger charge is -2.38. The Morgan fingerprint density at radius 1 is 1.50 bits per heavy atom. The van der Waals surface area contributed by atoms with Crippen LogP contribution in [-0.4, -0.2) is 42.6 Å².